The van der Waals surface area contributed by atoms with E-state index in [-0.39, 0.29) is 0 Å². The molecule has 0 saturated carbocycles. The Morgan fingerprint density at radius 2 is 1.60 bits per heavy atom. The lowest BCUT2D eigenvalue weighted by atomic mass is 9.96. The van der Waals surface area contributed by atoms with Crippen molar-refractivity contribution >= 4 is 28.8 Å². The molecular formula is C30H36N2O10. The molecule has 2 heterocycles. The van der Waals surface area contributed by atoms with Crippen LogP contribution in [0.5, 0.6) is 11.5 Å². The van der Waals surface area contributed by atoms with Gasteiger partial charge in [-0.1, -0.05) is 18.2 Å². The summed E-state index contributed by atoms with van der Waals surface area (Å²) in [6, 6.07) is 16.8. The van der Waals surface area contributed by atoms with Crippen molar-refractivity contribution in [1.29, 1.82) is 0 Å². The smallest absolute Gasteiger partial charge is 0.336 e. The topological polar surface area (TPSA) is 176 Å². The number of pyridine rings is 1. The molecule has 42 heavy (non-hydrogen) atoms. The molecule has 12 heteroatoms. The number of fused-ring (bicyclic) bond motifs is 1. The Kier molecular flexibility index (Phi) is 11.6. The van der Waals surface area contributed by atoms with Crippen LogP contribution in [0.1, 0.15) is 36.8 Å². The number of nitrogens with zero attached hydrogens (tertiary/aromatic N) is 2. The van der Waals surface area contributed by atoms with Crippen molar-refractivity contribution in [2.45, 2.75) is 50.5 Å². The summed E-state index contributed by atoms with van der Waals surface area (Å²) in [5, 5.41) is 35.0. The quantitative estimate of drug-likeness (QED) is 0.231. The van der Waals surface area contributed by atoms with Crippen LogP contribution in [0.25, 0.3) is 10.9 Å². The van der Waals surface area contributed by atoms with Crippen molar-refractivity contribution < 1.29 is 49.0 Å². The average molecular weight is 585 g/mol. The van der Waals surface area contributed by atoms with Crippen molar-refractivity contribution in [3.05, 3.63) is 65.9 Å². The highest BCUT2D eigenvalue weighted by Gasteiger charge is 2.40. The van der Waals surface area contributed by atoms with Gasteiger partial charge >= 0.3 is 17.9 Å². The van der Waals surface area contributed by atoms with Gasteiger partial charge in [-0.3, -0.25) is 19.5 Å². The standard InChI is InChI=1S/C24H28N2O3.C6H8O7/c1-27-23-10-8-19(14-24(23)28-2)16-26(17-21-6-4-12-29-21)15-18-7-9-22-20(13-18)5-3-11-25-22;7-3(8)1-6(13,5(11)12)2-4(9)10/h3,5,7-11,13-14,21H,4,6,12,15-17H2,1-2H3;13H,1-2H2,(H,7,8)(H,9,10)(H,11,12). The van der Waals surface area contributed by atoms with E-state index in [2.05, 4.69) is 46.3 Å². The third-order valence-corrected chi connectivity index (χ3v) is 6.70. The second kappa shape index (κ2) is 15.1. The van der Waals surface area contributed by atoms with Crippen molar-refractivity contribution in [3.8, 4) is 11.5 Å². The number of aliphatic carboxylic acids is 3. The van der Waals surface area contributed by atoms with Crippen molar-refractivity contribution in [3.63, 3.8) is 0 Å². The van der Waals surface area contributed by atoms with Gasteiger partial charge in [-0.05, 0) is 54.3 Å². The first kappa shape index (κ1) is 32.3. The number of hydrogen-bond acceptors (Lipinski definition) is 9. The third-order valence-electron chi connectivity index (χ3n) is 6.70. The summed E-state index contributed by atoms with van der Waals surface area (Å²) in [5.41, 5.74) is 0.770. The van der Waals surface area contributed by atoms with Crippen molar-refractivity contribution in [1.82, 2.24) is 9.88 Å². The molecular weight excluding hydrogens is 548 g/mol. The fourth-order valence-electron chi connectivity index (χ4n) is 4.69. The highest BCUT2D eigenvalue weighted by Crippen LogP contribution is 2.29. The molecule has 1 aliphatic rings. The summed E-state index contributed by atoms with van der Waals surface area (Å²) in [4.78, 5) is 37.4. The number of hydrogen-bond donors (Lipinski definition) is 4. The van der Waals surface area contributed by atoms with E-state index in [1.807, 2.05) is 18.3 Å². The van der Waals surface area contributed by atoms with Gasteiger partial charge in [-0.15, -0.1) is 0 Å². The number of ether oxygens (including phenoxy) is 3. The van der Waals surface area contributed by atoms with Gasteiger partial charge in [0.25, 0.3) is 0 Å². The Morgan fingerprint density at radius 3 is 2.17 bits per heavy atom. The van der Waals surface area contributed by atoms with Gasteiger partial charge in [0.2, 0.25) is 0 Å². The highest BCUT2D eigenvalue weighted by molar-refractivity contribution is 5.88. The zero-order chi connectivity index (χ0) is 30.7. The summed E-state index contributed by atoms with van der Waals surface area (Å²) < 4.78 is 16.8. The van der Waals surface area contributed by atoms with Gasteiger partial charge in [-0.2, -0.15) is 0 Å². The summed E-state index contributed by atoms with van der Waals surface area (Å²) in [7, 11) is 3.34. The fraction of sp³-hybridized carbons (Fsp3) is 0.400. The minimum atomic E-state index is -2.74. The fourth-order valence-corrected chi connectivity index (χ4v) is 4.69. The van der Waals surface area contributed by atoms with Crippen molar-refractivity contribution in [2.24, 2.45) is 0 Å². The van der Waals surface area contributed by atoms with Gasteiger partial charge < -0.3 is 34.6 Å². The maximum absolute atomic E-state index is 10.3. The Labute approximate surface area is 243 Å². The van der Waals surface area contributed by atoms with E-state index in [1.165, 1.54) is 16.5 Å². The molecule has 0 aliphatic carbocycles. The predicted molar refractivity (Wildman–Crippen MR) is 151 cm³/mol. The monoisotopic (exact) mass is 584 g/mol. The van der Waals surface area contributed by atoms with Crippen LogP contribution >= 0.6 is 0 Å². The molecule has 1 unspecified atom stereocenters. The second-order valence-electron chi connectivity index (χ2n) is 10.0. The van der Waals surface area contributed by atoms with Gasteiger partial charge in [0.1, 0.15) is 0 Å². The summed E-state index contributed by atoms with van der Waals surface area (Å²) in [5.74, 6) is -3.50. The number of carboxylic acid groups (broad SMARTS) is 3. The SMILES string of the molecule is COc1ccc(CN(Cc2ccc3ncccc3c2)CC2CCCO2)cc1OC.O=C(O)CC(O)(CC(=O)O)C(=O)O. The van der Waals surface area contributed by atoms with Crippen molar-refractivity contribution in [2.75, 3.05) is 27.4 Å². The Morgan fingerprint density at radius 1 is 0.952 bits per heavy atom. The number of benzene rings is 2. The normalized spacial score (nSPS) is 14.7. The Balaban J connectivity index is 0.000000316. The summed E-state index contributed by atoms with van der Waals surface area (Å²) in [6.45, 7) is 3.47. The molecule has 226 valence electrons. The van der Waals surface area contributed by atoms with E-state index >= 15 is 0 Å². The van der Waals surface area contributed by atoms with Crippen LogP contribution in [0.3, 0.4) is 0 Å². The molecule has 0 bridgehead atoms. The molecule has 0 radical (unpaired) electrons. The van der Waals surface area contributed by atoms with E-state index in [4.69, 9.17) is 34.6 Å². The summed E-state index contributed by atoms with van der Waals surface area (Å²) in [6.07, 6.45) is 2.13. The number of rotatable bonds is 13. The van der Waals surface area contributed by atoms with Gasteiger partial charge in [0.05, 0.1) is 38.7 Å². The van der Waals surface area contributed by atoms with E-state index in [9.17, 15) is 14.4 Å². The molecule has 12 nitrogen and oxygen atoms in total. The van der Waals surface area contributed by atoms with E-state index in [1.54, 1.807) is 14.2 Å². The molecule has 4 rings (SSSR count). The summed E-state index contributed by atoms with van der Waals surface area (Å²) >= 11 is 0. The average Bonchev–Trinajstić information content (AvgIpc) is 3.45. The van der Waals surface area contributed by atoms with Gasteiger partial charge in [0, 0.05) is 37.8 Å². The molecule has 0 spiro atoms. The van der Waals surface area contributed by atoms with Crippen LogP contribution in [-0.2, 0) is 32.2 Å². The molecule has 1 aromatic heterocycles. The predicted octanol–water partition coefficient (Wildman–Crippen LogP) is 3.18. The van der Waals surface area contributed by atoms with Crippen LogP contribution in [-0.4, -0.2) is 87.3 Å². The zero-order valence-corrected chi connectivity index (χ0v) is 23.6. The number of carboxylic acids is 3. The molecule has 0 amide bonds. The number of aliphatic hydroxyl groups is 1. The number of carbonyl (C=O) groups is 3. The molecule has 2 aromatic carbocycles. The Bertz CT molecular complexity index is 1360. The molecule has 1 saturated heterocycles. The largest absolute Gasteiger partial charge is 0.493 e. The zero-order valence-electron chi connectivity index (χ0n) is 23.6. The van der Waals surface area contributed by atoms with Crippen LogP contribution in [0.2, 0.25) is 0 Å². The Hall–Kier alpha value is -4.26. The van der Waals surface area contributed by atoms with Crippen LogP contribution < -0.4 is 9.47 Å². The van der Waals surface area contributed by atoms with E-state index in [0.29, 0.717) is 6.10 Å². The molecule has 1 atom stereocenters. The van der Waals surface area contributed by atoms with E-state index < -0.39 is 36.4 Å². The second-order valence-corrected chi connectivity index (χ2v) is 10.0. The lowest BCUT2D eigenvalue weighted by Gasteiger charge is -2.26. The van der Waals surface area contributed by atoms with E-state index in [0.717, 1.165) is 56.1 Å². The molecule has 4 N–H and O–H groups in total. The van der Waals surface area contributed by atoms with Gasteiger partial charge in [-0.25, -0.2) is 4.79 Å². The first-order valence-corrected chi connectivity index (χ1v) is 13.3. The first-order valence-electron chi connectivity index (χ1n) is 13.3. The molecule has 1 fully saturated rings. The minimum Gasteiger partial charge on any atom is -0.493 e. The maximum atomic E-state index is 10.3. The number of aromatic nitrogens is 1. The van der Waals surface area contributed by atoms with Crippen LogP contribution in [0.15, 0.2) is 54.7 Å². The highest BCUT2D eigenvalue weighted by atomic mass is 16.5. The molecule has 1 aliphatic heterocycles. The van der Waals surface area contributed by atoms with Crippen LogP contribution in [0.4, 0.5) is 0 Å². The van der Waals surface area contributed by atoms with Gasteiger partial charge in [0.15, 0.2) is 17.1 Å². The minimum absolute atomic E-state index is 0.303. The maximum Gasteiger partial charge on any atom is 0.336 e. The third kappa shape index (κ3) is 9.40. The lowest BCUT2D eigenvalue weighted by molar-refractivity contribution is -0.170. The first-order chi connectivity index (χ1) is 20.0. The van der Waals surface area contributed by atoms with Crippen LogP contribution in [0, 0.1) is 0 Å². The number of methoxy groups -OCH3 is 2. The molecule has 3 aromatic rings. The lowest BCUT2D eigenvalue weighted by Crippen LogP contribution is -2.42.